The molecule has 6 nitrogen and oxygen atoms in total. The van der Waals surface area contributed by atoms with Crippen molar-refractivity contribution in [2.75, 3.05) is 29.9 Å². The van der Waals surface area contributed by atoms with Crippen LogP contribution in [0.2, 0.25) is 0 Å². The predicted molar refractivity (Wildman–Crippen MR) is 100 cm³/mol. The molecule has 2 aromatic rings. The molecule has 2 bridgehead atoms. The molecule has 158 valence electrons. The molecule has 29 heavy (non-hydrogen) atoms. The van der Waals surface area contributed by atoms with Crippen molar-refractivity contribution in [3.8, 4) is 0 Å². The molecule has 2 fully saturated rings. The summed E-state index contributed by atoms with van der Waals surface area (Å²) in [5, 5.41) is 2.47. The van der Waals surface area contributed by atoms with Gasteiger partial charge in [-0.1, -0.05) is 25.5 Å². The lowest BCUT2D eigenvalue weighted by molar-refractivity contribution is 0.0962. The largest absolute Gasteiger partial charge is 0.365 e. The lowest BCUT2D eigenvalue weighted by Gasteiger charge is -2.41. The molecule has 2 aliphatic heterocycles. The Morgan fingerprint density at radius 1 is 1.07 bits per heavy atom. The molecule has 1 aromatic carbocycles. The number of carbonyl (C=O) groups is 1. The number of nitrogens with zero attached hydrogens (tertiary/aromatic N) is 4. The van der Waals surface area contributed by atoms with Crippen molar-refractivity contribution < 1.29 is 24.2 Å². The fraction of sp³-hybridized carbons (Fsp3) is 0.353. The molecule has 0 radical (unpaired) electrons. The number of hydrogen-bond donors (Lipinski definition) is 1. The number of benzene rings is 1. The normalized spacial score (nSPS) is 23.7. The summed E-state index contributed by atoms with van der Waals surface area (Å²) in [5.74, 6) is 0.111. The Labute approximate surface area is 163 Å². The third-order valence-electron chi connectivity index (χ3n) is 5.22. The average molecular weight is 435 g/mol. The maximum Gasteiger partial charge on any atom is 0.310 e. The first-order chi connectivity index (χ1) is 13.4. The van der Waals surface area contributed by atoms with E-state index in [0.717, 1.165) is 6.07 Å². The smallest absolute Gasteiger partial charge is 0.310 e. The van der Waals surface area contributed by atoms with Crippen LogP contribution in [-0.4, -0.2) is 48.1 Å². The molecule has 2 atom stereocenters. The molecule has 0 unspecified atom stereocenters. The molecule has 0 spiro atoms. The van der Waals surface area contributed by atoms with Gasteiger partial charge in [-0.3, -0.25) is 4.79 Å². The Balaban J connectivity index is 1.52. The Bertz CT molecular complexity index is 969. The van der Waals surface area contributed by atoms with Crippen molar-refractivity contribution in [3.05, 3.63) is 42.2 Å². The Kier molecular flexibility index (Phi) is 3.87. The molecule has 12 heteroatoms. The van der Waals surface area contributed by atoms with Gasteiger partial charge >= 0.3 is 10.2 Å². The second kappa shape index (κ2) is 5.71. The number of fused-ring (bicyclic) bond motifs is 2. The highest BCUT2D eigenvalue weighted by Gasteiger charge is 2.65. The van der Waals surface area contributed by atoms with Gasteiger partial charge in [0, 0.05) is 44.3 Å². The van der Waals surface area contributed by atoms with E-state index in [0.29, 0.717) is 43.2 Å². The summed E-state index contributed by atoms with van der Waals surface area (Å²) in [7, 11) is -8.23. The minimum absolute atomic E-state index is 0.0607. The number of anilines is 2. The van der Waals surface area contributed by atoms with Crippen molar-refractivity contribution >= 4 is 27.8 Å². The zero-order valence-electron chi connectivity index (χ0n) is 15.2. The Morgan fingerprint density at radius 2 is 1.69 bits per heavy atom. The van der Waals surface area contributed by atoms with Gasteiger partial charge in [-0.15, -0.1) is 0 Å². The van der Waals surface area contributed by atoms with E-state index in [4.69, 9.17) is 0 Å². The van der Waals surface area contributed by atoms with E-state index in [2.05, 4.69) is 15.3 Å². The van der Waals surface area contributed by atoms with Gasteiger partial charge < -0.3 is 15.1 Å². The first-order valence-corrected chi connectivity index (χ1v) is 10.7. The first-order valence-electron chi connectivity index (χ1n) is 8.77. The molecule has 0 aliphatic carbocycles. The number of aromatic nitrogens is 2. The van der Waals surface area contributed by atoms with Crippen molar-refractivity contribution in [2.45, 2.75) is 23.4 Å². The van der Waals surface area contributed by atoms with E-state index in [9.17, 15) is 24.2 Å². The highest BCUT2D eigenvalue weighted by Crippen LogP contribution is 3.02. The zero-order chi connectivity index (χ0) is 21.1. The fourth-order valence-corrected chi connectivity index (χ4v) is 4.54. The van der Waals surface area contributed by atoms with Crippen molar-refractivity contribution in [1.29, 1.82) is 0 Å². The molecule has 4 rings (SSSR count). The Morgan fingerprint density at radius 3 is 2.24 bits per heavy atom. The average Bonchev–Trinajstić information content (AvgIpc) is 3.27. The van der Waals surface area contributed by atoms with Crippen LogP contribution < -0.4 is 15.1 Å². The minimum Gasteiger partial charge on any atom is -0.365 e. The zero-order valence-corrected chi connectivity index (χ0v) is 16.1. The van der Waals surface area contributed by atoms with Gasteiger partial charge in [-0.25, -0.2) is 9.97 Å². The molecule has 2 aliphatic rings. The number of hydrogen-bond acceptors (Lipinski definition) is 5. The van der Waals surface area contributed by atoms with Crippen molar-refractivity contribution in [2.24, 2.45) is 0 Å². The quantitative estimate of drug-likeness (QED) is 0.737. The van der Waals surface area contributed by atoms with Gasteiger partial charge in [0.2, 0.25) is 5.95 Å². The van der Waals surface area contributed by atoms with Crippen molar-refractivity contribution in [3.63, 3.8) is 0 Å². The molecular weight excluding hydrogens is 417 g/mol. The number of piperazine rings is 1. The fourth-order valence-electron chi connectivity index (χ4n) is 3.86. The van der Waals surface area contributed by atoms with Gasteiger partial charge in [0.05, 0.1) is 11.6 Å². The van der Waals surface area contributed by atoms with Gasteiger partial charge in [0.25, 0.3) is 5.91 Å². The van der Waals surface area contributed by atoms with Crippen LogP contribution in [0.3, 0.4) is 0 Å². The van der Waals surface area contributed by atoms with Crippen molar-refractivity contribution in [1.82, 2.24) is 15.3 Å². The second-order valence-electron chi connectivity index (χ2n) is 7.17. The van der Waals surface area contributed by atoms with Gasteiger partial charge in [-0.05, 0) is 24.6 Å². The Hall–Kier alpha value is -2.63. The van der Waals surface area contributed by atoms with E-state index >= 15 is 0 Å². The third-order valence-corrected chi connectivity index (χ3v) is 6.36. The number of carbonyl (C=O) groups excluding carboxylic acids is 1. The van der Waals surface area contributed by atoms with Crippen LogP contribution in [0.4, 0.5) is 31.1 Å². The van der Waals surface area contributed by atoms with Gasteiger partial charge in [-0.2, -0.15) is 0 Å². The van der Waals surface area contributed by atoms with Crippen LogP contribution in [0.1, 0.15) is 16.8 Å². The van der Waals surface area contributed by atoms with Crippen LogP contribution in [0, 0.1) is 0 Å². The van der Waals surface area contributed by atoms with E-state index in [1.165, 1.54) is 25.5 Å². The monoisotopic (exact) mass is 435 g/mol. The van der Waals surface area contributed by atoms with Crippen LogP contribution in [0.25, 0.3) is 0 Å². The summed E-state index contributed by atoms with van der Waals surface area (Å²) in [6.45, 7) is 0.819. The number of rotatable bonds is 4. The summed E-state index contributed by atoms with van der Waals surface area (Å²) in [6.07, 6.45) is 3.47. The van der Waals surface area contributed by atoms with E-state index in [-0.39, 0.29) is 23.7 Å². The van der Waals surface area contributed by atoms with E-state index in [1.54, 1.807) is 4.90 Å². The molecule has 2 saturated heterocycles. The lowest BCUT2D eigenvalue weighted by Crippen LogP contribution is -2.47. The third kappa shape index (κ3) is 3.68. The van der Waals surface area contributed by atoms with Gasteiger partial charge in [0.15, 0.2) is 0 Å². The SMILES string of the molecule is CNC(=O)c1cnc(N2C[C@H]3C[C@@H]2CN3c2cccc(S(F)(F)(F)(F)F)c2)nc1. The minimum atomic E-state index is -9.72. The number of amides is 1. The van der Waals surface area contributed by atoms with Crippen LogP contribution in [0.5, 0.6) is 0 Å². The number of halogens is 5. The predicted octanol–water partition coefficient (Wildman–Crippen LogP) is 3.96. The summed E-state index contributed by atoms with van der Waals surface area (Å²) in [5.41, 5.74) is 0.439. The highest BCUT2D eigenvalue weighted by atomic mass is 32.5. The van der Waals surface area contributed by atoms with E-state index < -0.39 is 15.1 Å². The highest BCUT2D eigenvalue weighted by molar-refractivity contribution is 8.45. The maximum atomic E-state index is 13.1. The van der Waals surface area contributed by atoms with Crippen LogP contribution in [0.15, 0.2) is 41.6 Å². The first kappa shape index (κ1) is 19.7. The summed E-state index contributed by atoms with van der Waals surface area (Å²) < 4.78 is 65.6. The molecule has 3 heterocycles. The van der Waals surface area contributed by atoms with Crippen LogP contribution >= 0.6 is 10.2 Å². The second-order valence-corrected chi connectivity index (χ2v) is 9.57. The molecule has 1 N–H and O–H groups in total. The van der Waals surface area contributed by atoms with Gasteiger partial charge in [0.1, 0.15) is 4.90 Å². The molecule has 1 aromatic heterocycles. The summed E-state index contributed by atoms with van der Waals surface area (Å²) >= 11 is 0. The maximum absolute atomic E-state index is 13.1. The van der Waals surface area contributed by atoms with Crippen LogP contribution in [-0.2, 0) is 0 Å². The summed E-state index contributed by atoms with van der Waals surface area (Å²) in [4.78, 5) is 21.7. The molecule has 1 amide bonds. The summed E-state index contributed by atoms with van der Waals surface area (Å²) in [6, 6.07) is 3.15. The standard InChI is InChI=1S/C17H18F5N5OS/c1-23-16(28)11-7-24-17(25-8-11)27-10-13-5-14(27)9-26(13)12-3-2-4-15(6-12)29(18,19,20,21)22/h2-4,6-8,13-14H,5,9-10H2,1H3,(H,23,28)/t13-,14-/m1/s1. The number of nitrogens with one attached hydrogen (secondary N) is 1. The lowest BCUT2D eigenvalue weighted by atomic mass is 10.2. The van der Waals surface area contributed by atoms with E-state index in [1.807, 2.05) is 4.90 Å². The molecule has 0 saturated carbocycles. The topological polar surface area (TPSA) is 61.4 Å². The molecular formula is C17H18F5N5OS.